The van der Waals surface area contributed by atoms with Crippen molar-refractivity contribution < 1.29 is 14.4 Å². The Hall–Kier alpha value is -3.65. The van der Waals surface area contributed by atoms with Crippen LogP contribution in [0.25, 0.3) is 0 Å². The fraction of sp³-hybridized carbons (Fsp3) is 0.167. The molecule has 3 amide bonds. The maximum absolute atomic E-state index is 12.7. The van der Waals surface area contributed by atoms with E-state index in [1.165, 1.54) is 4.90 Å². The topological polar surface area (TPSA) is 105 Å². The van der Waals surface area contributed by atoms with Gasteiger partial charge in [0.05, 0.1) is 6.04 Å². The van der Waals surface area contributed by atoms with E-state index in [4.69, 9.17) is 5.73 Å². The molecule has 0 saturated carbocycles. The summed E-state index contributed by atoms with van der Waals surface area (Å²) in [6.45, 7) is 0. The molecule has 2 unspecified atom stereocenters. The summed E-state index contributed by atoms with van der Waals surface area (Å²) in [5.41, 5.74) is 8.10. The lowest BCUT2D eigenvalue weighted by Gasteiger charge is -2.27. The number of thioether (sulfide) groups is 1. The molecule has 1 aliphatic rings. The van der Waals surface area contributed by atoms with Gasteiger partial charge in [0.1, 0.15) is 5.37 Å². The normalized spacial score (nSPS) is 17.7. The minimum absolute atomic E-state index is 0.101. The van der Waals surface area contributed by atoms with Crippen LogP contribution in [0.4, 0.5) is 10.5 Å². The van der Waals surface area contributed by atoms with Crippen molar-refractivity contribution in [2.75, 3.05) is 11.1 Å². The fourth-order valence-electron chi connectivity index (χ4n) is 3.71. The molecular formula is C24H22N4O3S. The van der Waals surface area contributed by atoms with Gasteiger partial charge in [-0.05, 0) is 18.2 Å². The fourth-order valence-corrected chi connectivity index (χ4v) is 5.16. The highest BCUT2D eigenvalue weighted by molar-refractivity contribution is 7.99. The van der Waals surface area contributed by atoms with Crippen LogP contribution in [-0.2, 0) is 4.79 Å². The van der Waals surface area contributed by atoms with Gasteiger partial charge < -0.3 is 16.0 Å². The molecule has 0 aliphatic carbocycles. The third kappa shape index (κ3) is 4.81. The third-order valence-corrected chi connectivity index (χ3v) is 6.57. The minimum atomic E-state index is -0.572. The predicted molar refractivity (Wildman–Crippen MR) is 124 cm³/mol. The van der Waals surface area contributed by atoms with Crippen LogP contribution in [0, 0.1) is 0 Å². The predicted octanol–water partition coefficient (Wildman–Crippen LogP) is 3.84. The van der Waals surface area contributed by atoms with Gasteiger partial charge in [-0.1, -0.05) is 48.5 Å². The number of pyridine rings is 1. The van der Waals surface area contributed by atoms with Crippen molar-refractivity contribution in [3.63, 3.8) is 0 Å². The van der Waals surface area contributed by atoms with Gasteiger partial charge in [0.15, 0.2) is 5.78 Å². The van der Waals surface area contributed by atoms with Crippen LogP contribution in [0.2, 0.25) is 0 Å². The van der Waals surface area contributed by atoms with E-state index in [1.54, 1.807) is 66.6 Å². The number of benzene rings is 2. The van der Waals surface area contributed by atoms with Gasteiger partial charge in [-0.15, -0.1) is 11.8 Å². The molecule has 2 aromatic carbocycles. The Morgan fingerprint density at radius 1 is 1.03 bits per heavy atom. The number of primary amides is 1. The molecule has 0 radical (unpaired) electrons. The molecule has 2 atom stereocenters. The standard InChI is InChI=1S/C24H22N4O3S/c25-24(31)28-20(15-32-23(28)18-9-5-11-26-14-18)13-21(29)27-19-10-4-8-17(12-19)22(30)16-6-2-1-3-7-16/h1-12,14,20,23H,13,15H2,(H2,25,31)(H,27,29). The number of aromatic nitrogens is 1. The number of amides is 3. The summed E-state index contributed by atoms with van der Waals surface area (Å²) < 4.78 is 0. The molecule has 4 rings (SSSR count). The Morgan fingerprint density at radius 2 is 1.81 bits per heavy atom. The molecule has 8 heteroatoms. The van der Waals surface area contributed by atoms with Crippen LogP contribution in [-0.4, -0.2) is 39.4 Å². The number of nitrogens with one attached hydrogen (secondary N) is 1. The van der Waals surface area contributed by atoms with Gasteiger partial charge >= 0.3 is 6.03 Å². The Labute approximate surface area is 190 Å². The average Bonchev–Trinajstić information content (AvgIpc) is 3.23. The van der Waals surface area contributed by atoms with Crippen LogP contribution in [0.3, 0.4) is 0 Å². The quantitative estimate of drug-likeness (QED) is 0.560. The van der Waals surface area contributed by atoms with Crippen LogP contribution >= 0.6 is 11.8 Å². The number of nitrogens with two attached hydrogens (primary N) is 1. The molecule has 32 heavy (non-hydrogen) atoms. The Balaban J connectivity index is 1.43. The lowest BCUT2D eigenvalue weighted by molar-refractivity contribution is -0.117. The molecule has 0 spiro atoms. The molecule has 2 heterocycles. The van der Waals surface area contributed by atoms with Crippen molar-refractivity contribution in [1.29, 1.82) is 0 Å². The second-order valence-corrected chi connectivity index (χ2v) is 8.51. The first-order chi connectivity index (χ1) is 15.5. The summed E-state index contributed by atoms with van der Waals surface area (Å²) >= 11 is 1.55. The first kappa shape index (κ1) is 21.6. The van der Waals surface area contributed by atoms with Crippen LogP contribution in [0.15, 0.2) is 79.1 Å². The van der Waals surface area contributed by atoms with Crippen molar-refractivity contribution in [3.8, 4) is 0 Å². The zero-order valence-corrected chi connectivity index (χ0v) is 18.0. The number of rotatable bonds is 6. The smallest absolute Gasteiger partial charge is 0.316 e. The van der Waals surface area contributed by atoms with Crippen molar-refractivity contribution in [2.45, 2.75) is 17.8 Å². The lowest BCUT2D eigenvalue weighted by atomic mass is 10.0. The van der Waals surface area contributed by atoms with Gasteiger partial charge in [-0.25, -0.2) is 4.79 Å². The van der Waals surface area contributed by atoms with E-state index in [9.17, 15) is 14.4 Å². The molecule has 1 fully saturated rings. The average molecular weight is 447 g/mol. The number of carbonyl (C=O) groups excluding carboxylic acids is 3. The van der Waals surface area contributed by atoms with Gasteiger partial charge in [-0.2, -0.15) is 0 Å². The molecule has 1 saturated heterocycles. The molecule has 0 bridgehead atoms. The Morgan fingerprint density at radius 3 is 2.53 bits per heavy atom. The van der Waals surface area contributed by atoms with E-state index < -0.39 is 6.03 Å². The zero-order valence-electron chi connectivity index (χ0n) is 17.2. The van der Waals surface area contributed by atoms with E-state index in [2.05, 4.69) is 10.3 Å². The van der Waals surface area contributed by atoms with Crippen molar-refractivity contribution >= 4 is 35.2 Å². The maximum Gasteiger partial charge on any atom is 0.316 e. The van der Waals surface area contributed by atoms with E-state index in [0.29, 0.717) is 22.6 Å². The van der Waals surface area contributed by atoms with E-state index in [0.717, 1.165) is 5.56 Å². The summed E-state index contributed by atoms with van der Waals surface area (Å²) in [6, 6.07) is 18.6. The second kappa shape index (κ2) is 9.65. The number of hydrogen-bond acceptors (Lipinski definition) is 5. The Bertz CT molecular complexity index is 1120. The molecule has 1 aromatic heterocycles. The largest absolute Gasteiger partial charge is 0.351 e. The van der Waals surface area contributed by atoms with Crippen molar-refractivity contribution in [2.24, 2.45) is 5.73 Å². The van der Waals surface area contributed by atoms with Gasteiger partial charge in [-0.3, -0.25) is 14.6 Å². The first-order valence-corrected chi connectivity index (χ1v) is 11.2. The van der Waals surface area contributed by atoms with Gasteiger partial charge in [0, 0.05) is 46.9 Å². The van der Waals surface area contributed by atoms with Crippen LogP contribution in [0.1, 0.15) is 33.3 Å². The maximum atomic E-state index is 12.7. The van der Waals surface area contributed by atoms with Crippen molar-refractivity contribution in [1.82, 2.24) is 9.88 Å². The highest BCUT2D eigenvalue weighted by Crippen LogP contribution is 2.41. The number of hydrogen-bond donors (Lipinski definition) is 2. The lowest BCUT2D eigenvalue weighted by Crippen LogP contribution is -2.43. The van der Waals surface area contributed by atoms with Crippen LogP contribution < -0.4 is 11.1 Å². The number of carbonyl (C=O) groups is 3. The molecule has 7 nitrogen and oxygen atoms in total. The number of ketones is 1. The highest BCUT2D eigenvalue weighted by atomic mass is 32.2. The molecule has 3 aromatic rings. The van der Waals surface area contributed by atoms with E-state index in [-0.39, 0.29) is 29.5 Å². The molecular weight excluding hydrogens is 424 g/mol. The first-order valence-electron chi connectivity index (χ1n) is 10.1. The summed E-state index contributed by atoms with van der Waals surface area (Å²) in [6.07, 6.45) is 3.47. The van der Waals surface area contributed by atoms with Crippen molar-refractivity contribution in [3.05, 3.63) is 95.8 Å². The number of urea groups is 1. The van der Waals surface area contributed by atoms with E-state index in [1.807, 2.05) is 24.3 Å². The summed E-state index contributed by atoms with van der Waals surface area (Å²) in [5.74, 6) is 0.216. The Kier molecular flexibility index (Phi) is 6.51. The van der Waals surface area contributed by atoms with E-state index >= 15 is 0 Å². The summed E-state index contributed by atoms with van der Waals surface area (Å²) in [5, 5.41) is 2.57. The molecule has 3 N–H and O–H groups in total. The molecule has 1 aliphatic heterocycles. The highest BCUT2D eigenvalue weighted by Gasteiger charge is 2.38. The second-order valence-electron chi connectivity index (χ2n) is 7.40. The minimum Gasteiger partial charge on any atom is -0.351 e. The summed E-state index contributed by atoms with van der Waals surface area (Å²) in [4.78, 5) is 43.2. The van der Waals surface area contributed by atoms with Gasteiger partial charge in [0.25, 0.3) is 0 Å². The van der Waals surface area contributed by atoms with Crippen LogP contribution in [0.5, 0.6) is 0 Å². The SMILES string of the molecule is NC(=O)N1C(CC(=O)Nc2cccc(C(=O)c3ccccc3)c2)CSC1c1cccnc1. The molecule has 162 valence electrons. The van der Waals surface area contributed by atoms with Gasteiger partial charge in [0.2, 0.25) is 5.91 Å². The summed E-state index contributed by atoms with van der Waals surface area (Å²) in [7, 11) is 0. The third-order valence-electron chi connectivity index (χ3n) is 5.18. The number of nitrogens with zero attached hydrogens (tertiary/aromatic N) is 2. The zero-order chi connectivity index (χ0) is 22.5. The monoisotopic (exact) mass is 446 g/mol. The number of anilines is 1.